The van der Waals surface area contributed by atoms with Gasteiger partial charge in [0.1, 0.15) is 4.88 Å². The number of hydrazine groups is 1. The topological polar surface area (TPSA) is 78.9 Å². The number of aryl methyl sites for hydroxylation is 1. The molecule has 0 aliphatic heterocycles. The largest absolute Gasteiger partial charge is 0.358 e. The zero-order valence-electron chi connectivity index (χ0n) is 12.5. The molecule has 0 aromatic carbocycles. The van der Waals surface area contributed by atoms with E-state index >= 15 is 0 Å². The van der Waals surface area contributed by atoms with E-state index in [1.165, 1.54) is 12.8 Å². The summed E-state index contributed by atoms with van der Waals surface area (Å²) in [7, 11) is 0. The molecule has 1 fully saturated rings. The van der Waals surface area contributed by atoms with Gasteiger partial charge in [-0.25, -0.2) is 0 Å². The molecule has 21 heavy (non-hydrogen) atoms. The molecule has 6 nitrogen and oxygen atoms in total. The monoisotopic (exact) mass is 327 g/mol. The predicted octanol–water partition coefficient (Wildman–Crippen LogP) is 1.78. The number of carbonyl (C=O) groups excluding carboxylic acids is 1. The number of carbonyl (C=O) groups is 1. The molecule has 1 aliphatic carbocycles. The van der Waals surface area contributed by atoms with Gasteiger partial charge in [0.15, 0.2) is 5.11 Å². The fraction of sp³-hybridized carbons (Fsp3) is 0.692. The molecular weight excluding hydrogens is 306 g/mol. The molecule has 0 saturated heterocycles. The first kappa shape index (κ1) is 16.1. The van der Waals surface area contributed by atoms with Gasteiger partial charge in [-0.1, -0.05) is 31.2 Å². The van der Waals surface area contributed by atoms with Crippen LogP contribution in [0.1, 0.15) is 48.5 Å². The predicted molar refractivity (Wildman–Crippen MR) is 86.9 cm³/mol. The van der Waals surface area contributed by atoms with Crippen molar-refractivity contribution in [2.45, 2.75) is 46.1 Å². The quantitative estimate of drug-likeness (QED) is 0.568. The highest BCUT2D eigenvalue weighted by molar-refractivity contribution is 7.80. The van der Waals surface area contributed by atoms with Gasteiger partial charge >= 0.3 is 0 Å². The van der Waals surface area contributed by atoms with E-state index in [-0.39, 0.29) is 5.91 Å². The van der Waals surface area contributed by atoms with E-state index in [9.17, 15) is 4.79 Å². The van der Waals surface area contributed by atoms with E-state index < -0.39 is 0 Å². The summed E-state index contributed by atoms with van der Waals surface area (Å²) in [4.78, 5) is 12.4. The number of amides is 1. The minimum atomic E-state index is -0.267. The van der Waals surface area contributed by atoms with Crippen LogP contribution < -0.4 is 16.2 Å². The van der Waals surface area contributed by atoms with Crippen molar-refractivity contribution in [1.82, 2.24) is 25.8 Å². The standard InChI is InChI=1S/C13H21N5OS2/c1-7-5-4-6-10(8(7)2)14-13(20)17-16-12(19)11-9(3)15-18-21-11/h7-8,10H,4-6H2,1-3H3,(H,16,19)(H2,14,17,20)/t7-,8+,10+/m1/s1. The molecule has 0 radical (unpaired) electrons. The normalized spacial score (nSPS) is 25.2. The summed E-state index contributed by atoms with van der Waals surface area (Å²) in [6.07, 6.45) is 3.59. The van der Waals surface area contributed by atoms with Gasteiger partial charge in [-0.2, -0.15) is 0 Å². The third-order valence-electron chi connectivity index (χ3n) is 4.17. The van der Waals surface area contributed by atoms with Crippen LogP contribution in [0.3, 0.4) is 0 Å². The Hall–Kier alpha value is -1.28. The molecule has 0 bridgehead atoms. The van der Waals surface area contributed by atoms with Crippen molar-refractivity contribution < 1.29 is 4.79 Å². The number of hydrogen-bond acceptors (Lipinski definition) is 5. The van der Waals surface area contributed by atoms with Crippen LogP contribution in [0.4, 0.5) is 0 Å². The van der Waals surface area contributed by atoms with Crippen molar-refractivity contribution in [1.29, 1.82) is 0 Å². The highest BCUT2D eigenvalue weighted by atomic mass is 32.1. The number of nitrogens with one attached hydrogen (secondary N) is 3. The molecule has 1 aliphatic rings. The Kier molecular flexibility index (Phi) is 5.46. The van der Waals surface area contributed by atoms with Gasteiger partial charge in [-0.3, -0.25) is 15.6 Å². The Morgan fingerprint density at radius 3 is 2.76 bits per heavy atom. The molecule has 2 rings (SSSR count). The fourth-order valence-electron chi connectivity index (χ4n) is 2.60. The van der Waals surface area contributed by atoms with Crippen molar-refractivity contribution in [3.8, 4) is 0 Å². The first-order valence-corrected chi connectivity index (χ1v) is 8.33. The Morgan fingerprint density at radius 2 is 2.10 bits per heavy atom. The molecule has 3 atom stereocenters. The number of hydrogen-bond donors (Lipinski definition) is 3. The maximum absolute atomic E-state index is 11.9. The van der Waals surface area contributed by atoms with Crippen LogP contribution in [0.25, 0.3) is 0 Å². The fourth-order valence-corrected chi connectivity index (χ4v) is 3.35. The molecule has 1 saturated carbocycles. The summed E-state index contributed by atoms with van der Waals surface area (Å²) >= 11 is 6.31. The van der Waals surface area contributed by atoms with Crippen LogP contribution in [-0.2, 0) is 0 Å². The molecule has 8 heteroatoms. The van der Waals surface area contributed by atoms with E-state index in [0.717, 1.165) is 18.0 Å². The third kappa shape index (κ3) is 4.10. The summed E-state index contributed by atoms with van der Waals surface area (Å²) in [5, 5.41) is 7.55. The van der Waals surface area contributed by atoms with Crippen molar-refractivity contribution in [2.24, 2.45) is 11.8 Å². The Morgan fingerprint density at radius 1 is 1.33 bits per heavy atom. The van der Waals surface area contributed by atoms with Crippen molar-refractivity contribution >= 4 is 34.8 Å². The number of nitrogens with zero attached hydrogens (tertiary/aromatic N) is 2. The summed E-state index contributed by atoms with van der Waals surface area (Å²) in [5.74, 6) is 0.999. The Balaban J connectivity index is 1.80. The lowest BCUT2D eigenvalue weighted by atomic mass is 9.78. The van der Waals surface area contributed by atoms with E-state index in [1.807, 2.05) is 0 Å². The van der Waals surface area contributed by atoms with E-state index in [4.69, 9.17) is 12.2 Å². The van der Waals surface area contributed by atoms with Crippen LogP contribution in [0, 0.1) is 18.8 Å². The second-order valence-electron chi connectivity index (χ2n) is 5.61. The smallest absolute Gasteiger partial charge is 0.283 e. The van der Waals surface area contributed by atoms with Gasteiger partial charge in [0.05, 0.1) is 5.69 Å². The van der Waals surface area contributed by atoms with Crippen molar-refractivity contribution in [3.63, 3.8) is 0 Å². The lowest BCUT2D eigenvalue weighted by Crippen LogP contribution is -2.52. The molecular formula is C13H21N5OS2. The van der Waals surface area contributed by atoms with E-state index in [2.05, 4.69) is 39.6 Å². The lowest BCUT2D eigenvalue weighted by molar-refractivity contribution is 0.0946. The Bertz CT molecular complexity index is 518. The first-order valence-electron chi connectivity index (χ1n) is 7.15. The average Bonchev–Trinajstić information content (AvgIpc) is 2.87. The van der Waals surface area contributed by atoms with Crippen LogP contribution in [-0.4, -0.2) is 26.6 Å². The maximum Gasteiger partial charge on any atom is 0.283 e. The molecule has 1 aromatic heterocycles. The molecule has 1 aromatic rings. The van der Waals surface area contributed by atoms with Crippen LogP contribution in [0.2, 0.25) is 0 Å². The lowest BCUT2D eigenvalue weighted by Gasteiger charge is -2.35. The van der Waals surface area contributed by atoms with Crippen LogP contribution in [0.5, 0.6) is 0 Å². The summed E-state index contributed by atoms with van der Waals surface area (Å²) in [6.45, 7) is 6.27. The van der Waals surface area contributed by atoms with Crippen molar-refractivity contribution in [3.05, 3.63) is 10.6 Å². The molecule has 3 N–H and O–H groups in total. The molecule has 116 valence electrons. The zero-order chi connectivity index (χ0) is 15.4. The second-order valence-corrected chi connectivity index (χ2v) is 6.78. The highest BCUT2D eigenvalue weighted by Crippen LogP contribution is 2.29. The third-order valence-corrected chi connectivity index (χ3v) is 5.22. The number of aromatic nitrogens is 2. The zero-order valence-corrected chi connectivity index (χ0v) is 14.1. The minimum Gasteiger partial charge on any atom is -0.358 e. The SMILES string of the molecule is Cc1nnsc1C(=O)NNC(=S)N[C@H]1CCC[C@@H](C)[C@@H]1C. The summed E-state index contributed by atoms with van der Waals surface area (Å²) < 4.78 is 3.74. The van der Waals surface area contributed by atoms with Gasteiger partial charge in [0, 0.05) is 6.04 Å². The second kappa shape index (κ2) is 7.13. The highest BCUT2D eigenvalue weighted by Gasteiger charge is 2.27. The number of thiocarbonyl (C=S) groups is 1. The summed E-state index contributed by atoms with van der Waals surface area (Å²) in [6, 6.07) is 0.359. The van der Waals surface area contributed by atoms with Crippen LogP contribution in [0.15, 0.2) is 0 Å². The summed E-state index contributed by atoms with van der Waals surface area (Å²) in [5.41, 5.74) is 5.95. The van der Waals surface area contributed by atoms with Gasteiger partial charge in [0.25, 0.3) is 5.91 Å². The molecule has 1 heterocycles. The Labute approximate surface area is 134 Å². The van der Waals surface area contributed by atoms with E-state index in [0.29, 0.717) is 33.6 Å². The van der Waals surface area contributed by atoms with E-state index in [1.54, 1.807) is 6.92 Å². The van der Waals surface area contributed by atoms with Crippen molar-refractivity contribution in [2.75, 3.05) is 0 Å². The van der Waals surface area contributed by atoms with Crippen LogP contribution >= 0.6 is 23.8 Å². The van der Waals surface area contributed by atoms with Gasteiger partial charge < -0.3 is 5.32 Å². The van der Waals surface area contributed by atoms with Gasteiger partial charge in [0.2, 0.25) is 0 Å². The molecule has 1 amide bonds. The average molecular weight is 327 g/mol. The number of rotatable bonds is 2. The minimum absolute atomic E-state index is 0.267. The van der Waals surface area contributed by atoms with Gasteiger partial charge in [-0.15, -0.1) is 5.10 Å². The molecule has 0 spiro atoms. The first-order chi connectivity index (χ1) is 9.99. The van der Waals surface area contributed by atoms with Gasteiger partial charge in [-0.05, 0) is 48.9 Å². The molecule has 0 unspecified atom stereocenters. The maximum atomic E-state index is 11.9.